The SMILES string of the molecule is [2H]Oc1c([2H])c([2H])c(Cl)c([2H])c1Cl. The van der Waals surface area contributed by atoms with Gasteiger partial charge in [-0.25, -0.2) is 0 Å². The van der Waals surface area contributed by atoms with E-state index < -0.39 is 0 Å². The lowest BCUT2D eigenvalue weighted by Crippen LogP contribution is -1.66. The normalized spacial score (nSPS) is 15.3. The molecule has 48 valence electrons. The molecular weight excluding hydrogens is 159 g/mol. The van der Waals surface area contributed by atoms with Gasteiger partial charge in [-0.2, -0.15) is 0 Å². The Bertz CT molecular complexity index is 326. The fourth-order valence-corrected chi connectivity index (χ4v) is 0.683. The summed E-state index contributed by atoms with van der Waals surface area (Å²) in [6.45, 7) is 0. The van der Waals surface area contributed by atoms with E-state index in [0.717, 1.165) is 0 Å². The number of phenolic OH excluding ortho intramolecular Hbond substituents is 1. The molecule has 0 atom stereocenters. The topological polar surface area (TPSA) is 20.2 Å². The lowest BCUT2D eigenvalue weighted by molar-refractivity contribution is 0.475. The molecule has 9 heavy (non-hydrogen) atoms. The van der Waals surface area contributed by atoms with Crippen molar-refractivity contribution in [2.24, 2.45) is 0 Å². The number of rotatable bonds is 1. The van der Waals surface area contributed by atoms with E-state index in [2.05, 4.69) is 5.11 Å². The molecule has 0 amide bonds. The van der Waals surface area contributed by atoms with Crippen LogP contribution >= 0.6 is 23.2 Å². The molecule has 1 aromatic carbocycles. The van der Waals surface area contributed by atoms with Gasteiger partial charge in [-0.05, 0) is 18.1 Å². The standard InChI is InChI=1S/C6H4Cl2O/c7-4-1-2-6(9)5(8)3-4/h1-3,9H/i1D,2D,3D/hD. The largest absolute Gasteiger partial charge is 0.506 e. The van der Waals surface area contributed by atoms with Crippen LogP contribution in [0.3, 0.4) is 0 Å². The summed E-state index contributed by atoms with van der Waals surface area (Å²) < 4.78 is 28.4. The van der Waals surface area contributed by atoms with Crippen molar-refractivity contribution < 1.29 is 9.22 Å². The maximum Gasteiger partial charge on any atom is 0.293 e. The van der Waals surface area contributed by atoms with Crippen molar-refractivity contribution in [2.45, 2.75) is 0 Å². The molecule has 0 saturated carbocycles. The average Bonchev–Trinajstić information content (AvgIpc) is 2.13. The summed E-state index contributed by atoms with van der Waals surface area (Å²) in [6, 6.07) is -1.05. The van der Waals surface area contributed by atoms with E-state index in [-0.39, 0.29) is 33.9 Å². The second kappa shape index (κ2) is 2.46. The summed E-state index contributed by atoms with van der Waals surface area (Å²) in [5.41, 5.74) is 0. The molecule has 0 radical (unpaired) electrons. The van der Waals surface area contributed by atoms with E-state index in [0.29, 0.717) is 0 Å². The Kier molecular flexibility index (Phi) is 0.855. The molecule has 0 saturated heterocycles. The maximum atomic E-state index is 7.30. The van der Waals surface area contributed by atoms with Gasteiger partial charge < -0.3 is 5.11 Å². The van der Waals surface area contributed by atoms with Crippen LogP contribution in [0.5, 0.6) is 5.75 Å². The first-order chi connectivity index (χ1) is 6.00. The fraction of sp³-hybridized carbons (Fsp3) is 0. The van der Waals surface area contributed by atoms with Crippen LogP contribution in [-0.4, -0.2) is 6.54 Å². The number of aromatic hydroxyl groups is 1. The Balaban J connectivity index is 3.56. The van der Waals surface area contributed by atoms with Gasteiger partial charge in [0.25, 0.3) is 1.43 Å². The first-order valence-corrected chi connectivity index (χ1v) is 2.84. The smallest absolute Gasteiger partial charge is 0.293 e. The minimum absolute atomic E-state index is 0.212. The highest BCUT2D eigenvalue weighted by Crippen LogP contribution is 2.25. The Hall–Kier alpha value is -0.400. The molecule has 3 heteroatoms. The van der Waals surface area contributed by atoms with Gasteiger partial charge in [-0.3, -0.25) is 0 Å². The molecule has 0 aromatic heterocycles. The van der Waals surface area contributed by atoms with E-state index in [1.54, 1.807) is 0 Å². The minimum atomic E-state index is -0.388. The van der Waals surface area contributed by atoms with Gasteiger partial charge in [-0.1, -0.05) is 23.2 Å². The first-order valence-electron chi connectivity index (χ1n) is 3.99. The molecule has 1 nitrogen and oxygen atoms in total. The summed E-state index contributed by atoms with van der Waals surface area (Å²) in [5.74, 6) is -0.318. The molecule has 0 bridgehead atoms. The van der Waals surface area contributed by atoms with Crippen molar-refractivity contribution in [2.75, 3.05) is 0 Å². The van der Waals surface area contributed by atoms with E-state index in [4.69, 9.17) is 28.7 Å². The van der Waals surface area contributed by atoms with Gasteiger partial charge >= 0.3 is 0 Å². The van der Waals surface area contributed by atoms with Gasteiger partial charge in [0, 0.05) is 5.02 Å². The molecule has 0 aliphatic rings. The first kappa shape index (κ1) is 3.13. The third-order valence-electron chi connectivity index (χ3n) is 0.705. The van der Waals surface area contributed by atoms with Crippen LogP contribution in [0.2, 0.25) is 10.0 Å². The van der Waals surface area contributed by atoms with Crippen LogP contribution in [0, 0.1) is 0 Å². The number of hydrogen-bond donors (Lipinski definition) is 1. The van der Waals surface area contributed by atoms with Crippen LogP contribution in [0.25, 0.3) is 0 Å². The summed E-state index contributed by atoms with van der Waals surface area (Å²) in [7, 11) is 0. The lowest BCUT2D eigenvalue weighted by atomic mass is 10.3. The molecule has 1 rings (SSSR count). The van der Waals surface area contributed by atoms with E-state index in [9.17, 15) is 0 Å². The van der Waals surface area contributed by atoms with Crippen LogP contribution in [0.4, 0.5) is 0 Å². The van der Waals surface area contributed by atoms with Gasteiger partial charge in [0.2, 0.25) is 0 Å². The third-order valence-corrected chi connectivity index (χ3v) is 1.16. The Labute approximate surface area is 68.5 Å². The summed E-state index contributed by atoms with van der Waals surface area (Å²) in [5, 5.41) is 3.59. The third kappa shape index (κ3) is 1.50. The van der Waals surface area contributed by atoms with Crippen LogP contribution in [-0.2, 0) is 0 Å². The zero-order valence-corrected chi connectivity index (χ0v) is 5.68. The van der Waals surface area contributed by atoms with E-state index in [1.807, 2.05) is 0 Å². The zero-order chi connectivity index (χ0) is 10.2. The Morgan fingerprint density at radius 2 is 2.33 bits per heavy atom. The number of halogens is 2. The van der Waals surface area contributed by atoms with Gasteiger partial charge in [0.1, 0.15) is 5.75 Å². The summed E-state index contributed by atoms with van der Waals surface area (Å²) in [6.07, 6.45) is 0. The molecule has 0 fully saturated rings. The van der Waals surface area contributed by atoms with Crippen molar-refractivity contribution in [1.82, 2.24) is 0 Å². The quantitative estimate of drug-likeness (QED) is 0.681. The van der Waals surface area contributed by atoms with Crippen molar-refractivity contribution >= 4 is 23.2 Å². The van der Waals surface area contributed by atoms with Gasteiger partial charge in [0.15, 0.2) is 0 Å². The second-order valence-electron chi connectivity index (χ2n) is 1.33. The fourth-order valence-electron chi connectivity index (χ4n) is 0.351. The van der Waals surface area contributed by atoms with Crippen LogP contribution in [0.15, 0.2) is 18.1 Å². The molecule has 0 heterocycles. The van der Waals surface area contributed by atoms with Crippen molar-refractivity contribution in [3.63, 3.8) is 0 Å². The molecular formula is C6H4Cl2O. The molecule has 0 aliphatic carbocycles. The highest BCUT2D eigenvalue weighted by molar-refractivity contribution is 6.35. The second-order valence-corrected chi connectivity index (χ2v) is 2.09. The average molecular weight is 167 g/mol. The number of phenols is 1. The van der Waals surface area contributed by atoms with Gasteiger partial charge in [-0.15, -0.1) is 0 Å². The maximum absolute atomic E-state index is 7.30. The van der Waals surface area contributed by atoms with Crippen LogP contribution in [0.1, 0.15) is 4.11 Å². The molecule has 0 spiro atoms. The lowest BCUT2D eigenvalue weighted by Gasteiger charge is -1.93. The van der Waals surface area contributed by atoms with Crippen LogP contribution < -0.4 is 0 Å². The minimum Gasteiger partial charge on any atom is -0.506 e. The molecule has 1 N–H and O–H groups in total. The Morgan fingerprint density at radius 3 is 3.00 bits per heavy atom. The predicted molar refractivity (Wildman–Crippen MR) is 38.1 cm³/mol. The predicted octanol–water partition coefficient (Wildman–Crippen LogP) is 2.70. The van der Waals surface area contributed by atoms with E-state index in [1.165, 1.54) is 0 Å². The Morgan fingerprint density at radius 1 is 1.56 bits per heavy atom. The van der Waals surface area contributed by atoms with Crippen molar-refractivity contribution in [3.05, 3.63) is 28.2 Å². The summed E-state index contributed by atoms with van der Waals surface area (Å²) >= 11 is 11.1. The number of hydrogen-bond acceptors (Lipinski definition) is 1. The van der Waals surface area contributed by atoms with E-state index >= 15 is 0 Å². The highest BCUT2D eigenvalue weighted by atomic mass is 35.5. The van der Waals surface area contributed by atoms with Gasteiger partial charge in [0.05, 0.1) is 9.13 Å². The van der Waals surface area contributed by atoms with Crippen molar-refractivity contribution in [1.29, 1.82) is 1.43 Å². The summed E-state index contributed by atoms with van der Waals surface area (Å²) in [4.78, 5) is 0. The number of benzene rings is 1. The highest BCUT2D eigenvalue weighted by Gasteiger charge is 1.95. The van der Waals surface area contributed by atoms with Crippen molar-refractivity contribution in [3.8, 4) is 5.75 Å². The molecule has 0 unspecified atom stereocenters. The monoisotopic (exact) mass is 166 g/mol. The molecule has 1 aromatic rings. The molecule has 0 aliphatic heterocycles. The zero-order valence-electron chi connectivity index (χ0n) is 8.16.